The molecule has 0 aromatic heterocycles. The molecule has 2 unspecified atom stereocenters. The molecule has 0 spiro atoms. The van der Waals surface area contributed by atoms with E-state index in [1.165, 1.54) is 6.42 Å². The van der Waals surface area contributed by atoms with E-state index in [-0.39, 0.29) is 16.9 Å². The van der Waals surface area contributed by atoms with Crippen molar-refractivity contribution in [2.45, 2.75) is 72.3 Å². The predicted octanol–water partition coefficient (Wildman–Crippen LogP) is 3.82. The van der Waals surface area contributed by atoms with E-state index in [4.69, 9.17) is 4.74 Å². The number of aliphatic hydroxyl groups is 1. The summed E-state index contributed by atoms with van der Waals surface area (Å²) >= 11 is 0. The maximum atomic E-state index is 12.2. The summed E-state index contributed by atoms with van der Waals surface area (Å²) in [5.74, 6) is 0.543. The quantitative estimate of drug-likeness (QED) is 0.858. The summed E-state index contributed by atoms with van der Waals surface area (Å²) in [6.07, 6.45) is 5.35. The van der Waals surface area contributed by atoms with Gasteiger partial charge in [0, 0.05) is 19.7 Å². The third-order valence-corrected chi connectivity index (χ3v) is 5.60. The largest absolute Gasteiger partial charge is 0.444 e. The minimum atomic E-state index is -0.428. The summed E-state index contributed by atoms with van der Waals surface area (Å²) in [6.45, 7) is 12.1. The van der Waals surface area contributed by atoms with Crippen LogP contribution in [0.15, 0.2) is 0 Å². The van der Waals surface area contributed by atoms with Crippen LogP contribution in [0.5, 0.6) is 0 Å². The second-order valence-corrected chi connectivity index (χ2v) is 8.97. The molecule has 1 N–H and O–H groups in total. The van der Waals surface area contributed by atoms with Gasteiger partial charge < -0.3 is 14.7 Å². The molecular formula is C18H33NO3. The summed E-state index contributed by atoms with van der Waals surface area (Å²) < 4.78 is 5.48. The number of likely N-dealkylation sites (tertiary alicyclic amines) is 1. The van der Waals surface area contributed by atoms with E-state index in [0.29, 0.717) is 12.5 Å². The number of ether oxygens (including phenoxy) is 1. The Morgan fingerprint density at radius 2 is 2.00 bits per heavy atom. The molecule has 2 aliphatic rings. The van der Waals surface area contributed by atoms with Crippen molar-refractivity contribution < 1.29 is 14.6 Å². The molecule has 1 aliphatic heterocycles. The van der Waals surface area contributed by atoms with Crippen molar-refractivity contribution in [3.05, 3.63) is 0 Å². The predicted molar refractivity (Wildman–Crippen MR) is 87.7 cm³/mol. The van der Waals surface area contributed by atoms with Crippen LogP contribution >= 0.6 is 0 Å². The summed E-state index contributed by atoms with van der Waals surface area (Å²) in [6, 6.07) is 0. The fourth-order valence-electron chi connectivity index (χ4n) is 3.85. The highest BCUT2D eigenvalue weighted by Gasteiger charge is 2.59. The molecule has 22 heavy (non-hydrogen) atoms. The molecule has 1 saturated heterocycles. The Hall–Kier alpha value is -0.770. The van der Waals surface area contributed by atoms with Gasteiger partial charge in [0.05, 0.1) is 0 Å². The first-order valence-electron chi connectivity index (χ1n) is 8.67. The van der Waals surface area contributed by atoms with E-state index in [1.54, 1.807) is 0 Å². The Labute approximate surface area is 135 Å². The van der Waals surface area contributed by atoms with E-state index >= 15 is 0 Å². The molecule has 2 rings (SSSR count). The Kier molecular flexibility index (Phi) is 4.82. The van der Waals surface area contributed by atoms with Crippen LogP contribution in [-0.2, 0) is 4.74 Å². The van der Waals surface area contributed by atoms with Crippen LogP contribution in [-0.4, -0.2) is 41.4 Å². The molecular weight excluding hydrogens is 278 g/mol. The van der Waals surface area contributed by atoms with Crippen molar-refractivity contribution in [3.8, 4) is 0 Å². The molecule has 1 amide bonds. The molecule has 2 atom stereocenters. The van der Waals surface area contributed by atoms with Crippen LogP contribution in [0.4, 0.5) is 4.79 Å². The van der Waals surface area contributed by atoms with Crippen LogP contribution in [0, 0.1) is 16.7 Å². The summed E-state index contributed by atoms with van der Waals surface area (Å²) in [7, 11) is 0. The van der Waals surface area contributed by atoms with Crippen molar-refractivity contribution in [1.82, 2.24) is 4.90 Å². The molecule has 128 valence electrons. The van der Waals surface area contributed by atoms with Crippen molar-refractivity contribution in [2.24, 2.45) is 16.7 Å². The summed E-state index contributed by atoms with van der Waals surface area (Å²) in [5.41, 5.74) is -0.0223. The fraction of sp³-hybridized carbons (Fsp3) is 0.944. The van der Waals surface area contributed by atoms with Crippen LogP contribution in [0.1, 0.15) is 66.7 Å². The second-order valence-electron chi connectivity index (χ2n) is 8.97. The Morgan fingerprint density at radius 1 is 1.36 bits per heavy atom. The van der Waals surface area contributed by atoms with E-state index in [9.17, 15) is 9.90 Å². The molecule has 0 aromatic carbocycles. The van der Waals surface area contributed by atoms with Gasteiger partial charge in [-0.1, -0.05) is 13.8 Å². The SMILES string of the molecule is CC(C)(C)OC(=O)N1CCCC(CCC2(CO)CC2(C)C)C1. The van der Waals surface area contributed by atoms with Gasteiger partial charge >= 0.3 is 6.09 Å². The zero-order valence-corrected chi connectivity index (χ0v) is 14.9. The van der Waals surface area contributed by atoms with Crippen molar-refractivity contribution in [1.29, 1.82) is 0 Å². The zero-order valence-electron chi connectivity index (χ0n) is 14.9. The normalized spacial score (nSPS) is 31.0. The lowest BCUT2D eigenvalue weighted by Gasteiger charge is -2.34. The topological polar surface area (TPSA) is 49.8 Å². The van der Waals surface area contributed by atoms with Gasteiger partial charge in [-0.25, -0.2) is 4.79 Å². The first kappa shape index (κ1) is 17.6. The third kappa shape index (κ3) is 3.95. The first-order valence-corrected chi connectivity index (χ1v) is 8.67. The number of carbonyl (C=O) groups is 1. The molecule has 0 radical (unpaired) electrons. The van der Waals surface area contributed by atoms with Gasteiger partial charge in [0.25, 0.3) is 0 Å². The second kappa shape index (κ2) is 6.03. The number of aliphatic hydroxyl groups excluding tert-OH is 1. The maximum absolute atomic E-state index is 12.2. The number of hydrogen-bond acceptors (Lipinski definition) is 3. The maximum Gasteiger partial charge on any atom is 0.410 e. The third-order valence-electron chi connectivity index (χ3n) is 5.60. The zero-order chi connectivity index (χ0) is 16.6. The summed E-state index contributed by atoms with van der Waals surface area (Å²) in [5, 5.41) is 9.70. The molecule has 0 bridgehead atoms. The molecule has 2 fully saturated rings. The number of rotatable bonds is 4. The highest BCUT2D eigenvalue weighted by atomic mass is 16.6. The average Bonchev–Trinajstić information content (AvgIpc) is 2.97. The number of amides is 1. The highest BCUT2D eigenvalue weighted by Crippen LogP contribution is 2.65. The van der Waals surface area contributed by atoms with Gasteiger partial charge in [-0.3, -0.25) is 0 Å². The minimum Gasteiger partial charge on any atom is -0.444 e. The average molecular weight is 311 g/mol. The number of carbonyl (C=O) groups excluding carboxylic acids is 1. The van der Waals surface area contributed by atoms with E-state index in [1.807, 2.05) is 25.7 Å². The molecule has 1 heterocycles. The first-order chi connectivity index (χ1) is 10.1. The lowest BCUT2D eigenvalue weighted by Crippen LogP contribution is -2.43. The molecule has 4 nitrogen and oxygen atoms in total. The van der Waals surface area contributed by atoms with Crippen molar-refractivity contribution in [2.75, 3.05) is 19.7 Å². The summed E-state index contributed by atoms with van der Waals surface area (Å²) in [4.78, 5) is 14.1. The minimum absolute atomic E-state index is 0.126. The monoisotopic (exact) mass is 311 g/mol. The number of piperidine rings is 1. The van der Waals surface area contributed by atoms with Crippen molar-refractivity contribution >= 4 is 6.09 Å². The van der Waals surface area contributed by atoms with E-state index < -0.39 is 5.60 Å². The van der Waals surface area contributed by atoms with Gasteiger partial charge in [-0.15, -0.1) is 0 Å². The van der Waals surface area contributed by atoms with Crippen LogP contribution < -0.4 is 0 Å². The highest BCUT2D eigenvalue weighted by molar-refractivity contribution is 5.68. The van der Waals surface area contributed by atoms with Crippen molar-refractivity contribution in [3.63, 3.8) is 0 Å². The van der Waals surface area contributed by atoms with Gasteiger partial charge in [-0.2, -0.15) is 0 Å². The molecule has 4 heteroatoms. The molecule has 1 aliphatic carbocycles. The molecule has 0 aromatic rings. The van der Waals surface area contributed by atoms with Crippen LogP contribution in [0.25, 0.3) is 0 Å². The van der Waals surface area contributed by atoms with Gasteiger partial charge in [0.2, 0.25) is 0 Å². The molecule has 1 saturated carbocycles. The Bertz CT molecular complexity index is 413. The van der Waals surface area contributed by atoms with Gasteiger partial charge in [0.1, 0.15) is 5.60 Å². The van der Waals surface area contributed by atoms with Gasteiger partial charge in [0.15, 0.2) is 0 Å². The lowest BCUT2D eigenvalue weighted by molar-refractivity contribution is 0.0153. The van der Waals surface area contributed by atoms with E-state index in [2.05, 4.69) is 13.8 Å². The van der Waals surface area contributed by atoms with Gasteiger partial charge in [-0.05, 0) is 69.6 Å². The van der Waals surface area contributed by atoms with Crippen LogP contribution in [0.3, 0.4) is 0 Å². The van der Waals surface area contributed by atoms with Crippen LogP contribution in [0.2, 0.25) is 0 Å². The Morgan fingerprint density at radius 3 is 2.50 bits per heavy atom. The number of hydrogen-bond donors (Lipinski definition) is 1. The smallest absolute Gasteiger partial charge is 0.410 e. The number of nitrogens with zero attached hydrogens (tertiary/aromatic N) is 1. The lowest BCUT2D eigenvalue weighted by atomic mass is 9.85. The van der Waals surface area contributed by atoms with E-state index in [0.717, 1.165) is 38.8 Å². The Balaban J connectivity index is 1.83. The standard InChI is InChI=1S/C18H33NO3/c1-16(2,3)22-15(21)19-10-6-7-14(11-19)8-9-18(13-20)12-17(18,4)5/h14,20H,6-13H2,1-5H3. The fourth-order valence-corrected chi connectivity index (χ4v) is 3.85.